The summed E-state index contributed by atoms with van der Waals surface area (Å²) in [7, 11) is 0. The molecule has 0 unspecified atom stereocenters. The summed E-state index contributed by atoms with van der Waals surface area (Å²) >= 11 is 0. The molecular formula is C24H32F4N2O2. The second kappa shape index (κ2) is 12.2. The van der Waals surface area contributed by atoms with Crippen molar-refractivity contribution in [3.63, 3.8) is 0 Å². The summed E-state index contributed by atoms with van der Waals surface area (Å²) in [5.74, 6) is 0.624. The van der Waals surface area contributed by atoms with Crippen LogP contribution in [0.5, 0.6) is 11.5 Å². The van der Waals surface area contributed by atoms with E-state index in [0.717, 1.165) is 16.7 Å². The molecule has 0 amide bonds. The second-order valence-corrected chi connectivity index (χ2v) is 7.72. The van der Waals surface area contributed by atoms with Gasteiger partial charge in [0.05, 0.1) is 0 Å². The molecule has 178 valence electrons. The number of hydrogen-bond acceptors (Lipinski definition) is 4. The van der Waals surface area contributed by atoms with Crippen LogP contribution in [0.4, 0.5) is 28.9 Å². The Morgan fingerprint density at radius 1 is 0.812 bits per heavy atom. The van der Waals surface area contributed by atoms with Crippen LogP contribution in [0, 0.1) is 0 Å². The molecule has 0 aliphatic carbocycles. The van der Waals surface area contributed by atoms with Crippen molar-refractivity contribution < 1.29 is 27.0 Å². The number of rotatable bonds is 8. The summed E-state index contributed by atoms with van der Waals surface area (Å²) in [6, 6.07) is 6.16. The van der Waals surface area contributed by atoms with Gasteiger partial charge >= 0.3 is 13.2 Å². The molecule has 0 saturated carbocycles. The fraction of sp³-hybridized carbons (Fsp3) is 0.417. The zero-order chi connectivity index (χ0) is 24.6. The average molecular weight is 457 g/mol. The molecule has 0 aliphatic rings. The lowest BCUT2D eigenvalue weighted by Gasteiger charge is -2.15. The number of benzene rings is 2. The van der Waals surface area contributed by atoms with E-state index < -0.39 is 13.2 Å². The van der Waals surface area contributed by atoms with Crippen molar-refractivity contribution in [2.75, 3.05) is 11.5 Å². The Kier molecular flexibility index (Phi) is 10.4. The molecule has 0 fully saturated rings. The summed E-state index contributed by atoms with van der Waals surface area (Å²) in [5, 5.41) is 0. The molecule has 0 radical (unpaired) electrons. The zero-order valence-corrected chi connectivity index (χ0v) is 19.1. The molecular weight excluding hydrogens is 424 g/mol. The first kappa shape index (κ1) is 27.1. The van der Waals surface area contributed by atoms with Gasteiger partial charge in [0.1, 0.15) is 11.5 Å². The highest BCUT2D eigenvalue weighted by Crippen LogP contribution is 2.32. The van der Waals surface area contributed by atoms with Crippen LogP contribution in [0.2, 0.25) is 0 Å². The van der Waals surface area contributed by atoms with Gasteiger partial charge in [-0.15, -0.1) is 0 Å². The molecule has 4 N–H and O–H groups in total. The van der Waals surface area contributed by atoms with Gasteiger partial charge in [0, 0.05) is 16.9 Å². The van der Waals surface area contributed by atoms with Crippen molar-refractivity contribution >= 4 is 17.5 Å². The smallest absolute Gasteiger partial charge is 0.387 e. The minimum absolute atomic E-state index is 0.114. The van der Waals surface area contributed by atoms with E-state index >= 15 is 0 Å². The molecule has 8 heteroatoms. The van der Waals surface area contributed by atoms with Gasteiger partial charge in [-0.2, -0.15) is 17.6 Å². The first-order valence-corrected chi connectivity index (χ1v) is 10.3. The van der Waals surface area contributed by atoms with Crippen LogP contribution in [0.25, 0.3) is 6.08 Å². The van der Waals surface area contributed by atoms with Crippen molar-refractivity contribution in [2.24, 2.45) is 0 Å². The summed E-state index contributed by atoms with van der Waals surface area (Å²) in [4.78, 5) is 0. The third-order valence-corrected chi connectivity index (χ3v) is 4.78. The van der Waals surface area contributed by atoms with Crippen molar-refractivity contribution in [1.29, 1.82) is 0 Å². The molecule has 0 heterocycles. The molecule has 2 rings (SSSR count). The van der Waals surface area contributed by atoms with Crippen molar-refractivity contribution in [3.8, 4) is 11.5 Å². The number of nitrogens with two attached hydrogens (primary N) is 2. The standard InChI is InChI=1S/C12H17F2NO.C12H15F2NO/c2*1-4-8-5-9(16-12(13)14)6-10(7(2)3)11(8)15/h5-7,12H,4,15H2,1-3H3;4-7,12H,1,15H2,2-3H3. The largest absolute Gasteiger partial charge is 0.435 e. The van der Waals surface area contributed by atoms with Crippen molar-refractivity contribution in [1.82, 2.24) is 0 Å². The van der Waals surface area contributed by atoms with Gasteiger partial charge in [-0.3, -0.25) is 0 Å². The van der Waals surface area contributed by atoms with Crippen molar-refractivity contribution in [2.45, 2.75) is 66.1 Å². The molecule has 0 bridgehead atoms. The molecule has 0 aliphatic heterocycles. The van der Waals surface area contributed by atoms with Crippen LogP contribution in [-0.2, 0) is 6.42 Å². The molecule has 0 aromatic heterocycles. The number of aryl methyl sites for hydroxylation is 1. The van der Waals surface area contributed by atoms with E-state index in [1.54, 1.807) is 18.2 Å². The first-order chi connectivity index (χ1) is 14.9. The van der Waals surface area contributed by atoms with E-state index in [0.29, 0.717) is 23.4 Å². The Labute approximate surface area is 187 Å². The lowest BCUT2D eigenvalue weighted by Crippen LogP contribution is -2.06. The van der Waals surface area contributed by atoms with Gasteiger partial charge in [-0.05, 0) is 59.2 Å². The Hall–Kier alpha value is -2.90. The Balaban J connectivity index is 0.000000320. The normalized spacial score (nSPS) is 11.0. The van der Waals surface area contributed by atoms with E-state index in [4.69, 9.17) is 11.5 Å². The first-order valence-electron chi connectivity index (χ1n) is 10.3. The molecule has 2 aromatic carbocycles. The third kappa shape index (κ3) is 7.66. The van der Waals surface area contributed by atoms with Crippen LogP contribution in [0.15, 0.2) is 30.8 Å². The Morgan fingerprint density at radius 2 is 1.25 bits per heavy atom. The number of alkyl halides is 4. The lowest BCUT2D eigenvalue weighted by atomic mass is 9.96. The minimum Gasteiger partial charge on any atom is -0.435 e. The maximum absolute atomic E-state index is 12.1. The van der Waals surface area contributed by atoms with E-state index in [9.17, 15) is 17.6 Å². The number of halogens is 4. The molecule has 0 atom stereocenters. The Bertz CT molecular complexity index is 900. The van der Waals surface area contributed by atoms with E-state index in [-0.39, 0.29) is 23.3 Å². The summed E-state index contributed by atoms with van der Waals surface area (Å²) in [6.45, 7) is 7.70. The quantitative estimate of drug-likeness (QED) is 0.326. The zero-order valence-electron chi connectivity index (χ0n) is 19.1. The van der Waals surface area contributed by atoms with Gasteiger partial charge in [0.2, 0.25) is 0 Å². The lowest BCUT2D eigenvalue weighted by molar-refractivity contribution is -0.0505. The number of anilines is 2. The highest BCUT2D eigenvalue weighted by Gasteiger charge is 2.14. The molecule has 32 heavy (non-hydrogen) atoms. The summed E-state index contributed by atoms with van der Waals surface area (Å²) in [5.41, 5.74) is 16.2. The van der Waals surface area contributed by atoms with Crippen LogP contribution >= 0.6 is 0 Å². The van der Waals surface area contributed by atoms with Gasteiger partial charge in [0.15, 0.2) is 0 Å². The molecule has 0 saturated heterocycles. The van der Waals surface area contributed by atoms with Crippen LogP contribution in [0.1, 0.15) is 68.7 Å². The highest BCUT2D eigenvalue weighted by molar-refractivity contribution is 5.69. The number of ether oxygens (including phenoxy) is 2. The fourth-order valence-corrected chi connectivity index (χ4v) is 3.14. The van der Waals surface area contributed by atoms with Crippen LogP contribution in [0.3, 0.4) is 0 Å². The monoisotopic (exact) mass is 456 g/mol. The van der Waals surface area contributed by atoms with E-state index in [1.165, 1.54) is 12.1 Å². The SMILES string of the molecule is C=Cc1cc(OC(F)F)cc(C(C)C)c1N.CCc1cc(OC(F)F)cc(C(C)C)c1N. The molecule has 2 aromatic rings. The average Bonchev–Trinajstić information content (AvgIpc) is 2.69. The van der Waals surface area contributed by atoms with E-state index in [1.807, 2.05) is 34.6 Å². The predicted molar refractivity (Wildman–Crippen MR) is 123 cm³/mol. The van der Waals surface area contributed by atoms with Gasteiger partial charge in [-0.1, -0.05) is 47.3 Å². The number of nitrogen functional groups attached to an aromatic ring is 2. The Morgan fingerprint density at radius 3 is 1.62 bits per heavy atom. The number of hydrogen-bond donors (Lipinski definition) is 2. The second-order valence-electron chi connectivity index (χ2n) is 7.72. The fourth-order valence-electron chi connectivity index (χ4n) is 3.14. The maximum atomic E-state index is 12.1. The van der Waals surface area contributed by atoms with Crippen molar-refractivity contribution in [3.05, 3.63) is 53.1 Å². The van der Waals surface area contributed by atoms with Gasteiger partial charge < -0.3 is 20.9 Å². The summed E-state index contributed by atoms with van der Waals surface area (Å²) in [6.07, 6.45) is 2.23. The minimum atomic E-state index is -2.83. The van der Waals surface area contributed by atoms with Gasteiger partial charge in [-0.25, -0.2) is 0 Å². The molecule has 0 spiro atoms. The third-order valence-electron chi connectivity index (χ3n) is 4.78. The highest BCUT2D eigenvalue weighted by atomic mass is 19.3. The topological polar surface area (TPSA) is 70.5 Å². The maximum Gasteiger partial charge on any atom is 0.387 e. The van der Waals surface area contributed by atoms with Gasteiger partial charge in [0.25, 0.3) is 0 Å². The van der Waals surface area contributed by atoms with Crippen LogP contribution in [-0.4, -0.2) is 13.2 Å². The molecule has 4 nitrogen and oxygen atoms in total. The summed E-state index contributed by atoms with van der Waals surface area (Å²) < 4.78 is 57.3. The predicted octanol–water partition coefficient (Wildman–Crippen LogP) is 7.19. The van der Waals surface area contributed by atoms with E-state index in [2.05, 4.69) is 16.1 Å². The van der Waals surface area contributed by atoms with Crippen LogP contribution < -0.4 is 20.9 Å².